The van der Waals surface area contributed by atoms with E-state index in [4.69, 9.17) is 20.6 Å². The number of ether oxygens (including phenoxy) is 3. The first-order chi connectivity index (χ1) is 11.5. The lowest BCUT2D eigenvalue weighted by Gasteiger charge is -2.27. The minimum atomic E-state index is -0.589. The molecule has 0 amide bonds. The number of hydrogen-bond acceptors (Lipinski definition) is 5. The fourth-order valence-corrected chi connectivity index (χ4v) is 2.64. The van der Waals surface area contributed by atoms with E-state index in [-0.39, 0.29) is 13.2 Å². The third-order valence-electron chi connectivity index (χ3n) is 3.47. The Morgan fingerprint density at radius 3 is 2.54 bits per heavy atom. The van der Waals surface area contributed by atoms with Gasteiger partial charge in [-0.1, -0.05) is 31.9 Å². The first kappa shape index (κ1) is 20.3. The Morgan fingerprint density at radius 2 is 1.96 bits per heavy atom. The number of aliphatic hydroxyl groups excluding tert-OH is 1. The summed E-state index contributed by atoms with van der Waals surface area (Å²) in [6.45, 7) is 6.76. The molecule has 0 fully saturated rings. The fourth-order valence-electron chi connectivity index (χ4n) is 2.64. The molecule has 0 aromatic heterocycles. The van der Waals surface area contributed by atoms with Crippen LogP contribution in [-0.4, -0.2) is 56.6 Å². The van der Waals surface area contributed by atoms with Gasteiger partial charge in [0.2, 0.25) is 0 Å². The van der Waals surface area contributed by atoms with Crippen molar-refractivity contribution >= 4 is 0 Å². The molecule has 1 aromatic carbocycles. The zero-order valence-corrected chi connectivity index (χ0v) is 15.1. The zero-order chi connectivity index (χ0) is 17.9. The van der Waals surface area contributed by atoms with Gasteiger partial charge in [0.15, 0.2) is 11.5 Å². The summed E-state index contributed by atoms with van der Waals surface area (Å²) < 4.78 is 16.1. The van der Waals surface area contributed by atoms with Crippen LogP contribution in [0.25, 0.3) is 0 Å². The average molecular weight is 335 g/mol. The van der Waals surface area contributed by atoms with Crippen molar-refractivity contribution in [3.63, 3.8) is 0 Å². The van der Waals surface area contributed by atoms with E-state index in [0.29, 0.717) is 24.8 Å². The highest BCUT2D eigenvalue weighted by Gasteiger charge is 2.17. The summed E-state index contributed by atoms with van der Waals surface area (Å²) in [4.78, 5) is 2.19. The van der Waals surface area contributed by atoms with Crippen molar-refractivity contribution in [2.45, 2.75) is 26.5 Å². The number of terminal acetylenes is 1. The molecular weight excluding hydrogens is 306 g/mol. The van der Waals surface area contributed by atoms with Crippen molar-refractivity contribution in [3.8, 4) is 23.8 Å². The van der Waals surface area contributed by atoms with Gasteiger partial charge in [-0.15, -0.1) is 6.42 Å². The maximum atomic E-state index is 10.2. The smallest absolute Gasteiger partial charge is 0.165 e. The van der Waals surface area contributed by atoms with E-state index < -0.39 is 6.10 Å². The number of benzene rings is 1. The molecule has 0 spiro atoms. The molecule has 134 valence electrons. The molecule has 0 aliphatic heterocycles. The summed E-state index contributed by atoms with van der Waals surface area (Å²) in [6, 6.07) is 5.82. The number of rotatable bonds is 11. The fraction of sp³-hybridized carbons (Fsp3) is 0.579. The summed E-state index contributed by atoms with van der Waals surface area (Å²) in [5.41, 5.74) is 1.02. The molecule has 1 N–H and O–H groups in total. The molecular formula is C19H29NO4. The number of para-hydroxylation sites is 1. The second-order valence-corrected chi connectivity index (χ2v) is 6.11. The van der Waals surface area contributed by atoms with Crippen molar-refractivity contribution in [1.29, 1.82) is 0 Å². The highest BCUT2D eigenvalue weighted by molar-refractivity contribution is 5.46. The van der Waals surface area contributed by atoms with Gasteiger partial charge in [-0.05, 0) is 12.0 Å². The predicted molar refractivity (Wildman–Crippen MR) is 95.3 cm³/mol. The van der Waals surface area contributed by atoms with Crippen LogP contribution < -0.4 is 9.47 Å². The van der Waals surface area contributed by atoms with Crippen LogP contribution in [0.5, 0.6) is 11.5 Å². The third-order valence-corrected chi connectivity index (χ3v) is 3.47. The molecule has 5 nitrogen and oxygen atoms in total. The van der Waals surface area contributed by atoms with Gasteiger partial charge in [0, 0.05) is 25.2 Å². The number of methoxy groups -OCH3 is 2. The Kier molecular flexibility index (Phi) is 9.24. The quantitative estimate of drug-likeness (QED) is 0.496. The van der Waals surface area contributed by atoms with Crippen molar-refractivity contribution in [3.05, 3.63) is 23.8 Å². The molecule has 1 aromatic rings. The normalized spacial score (nSPS) is 12.2. The van der Waals surface area contributed by atoms with Gasteiger partial charge in [-0.2, -0.15) is 0 Å². The third kappa shape index (κ3) is 6.79. The minimum absolute atomic E-state index is 0.213. The topological polar surface area (TPSA) is 51.2 Å². The van der Waals surface area contributed by atoms with E-state index in [1.807, 2.05) is 18.2 Å². The van der Waals surface area contributed by atoms with Crippen LogP contribution in [0.1, 0.15) is 19.4 Å². The molecule has 1 atom stereocenters. The van der Waals surface area contributed by atoms with Crippen LogP contribution in [0.3, 0.4) is 0 Å². The van der Waals surface area contributed by atoms with E-state index >= 15 is 0 Å². The van der Waals surface area contributed by atoms with E-state index in [1.165, 1.54) is 0 Å². The average Bonchev–Trinajstić information content (AvgIpc) is 2.54. The van der Waals surface area contributed by atoms with Crippen LogP contribution in [0.4, 0.5) is 0 Å². The van der Waals surface area contributed by atoms with Crippen molar-refractivity contribution in [2.75, 3.05) is 40.5 Å². The van der Waals surface area contributed by atoms with Crippen molar-refractivity contribution < 1.29 is 19.3 Å². The van der Waals surface area contributed by atoms with Gasteiger partial charge in [-0.3, -0.25) is 4.90 Å². The lowest BCUT2D eigenvalue weighted by molar-refractivity contribution is 0.0236. The maximum absolute atomic E-state index is 10.2. The van der Waals surface area contributed by atoms with Gasteiger partial charge in [0.05, 0.1) is 26.9 Å². The second kappa shape index (κ2) is 10.9. The Balaban J connectivity index is 2.81. The number of aliphatic hydroxyl groups is 1. The Labute approximate surface area is 145 Å². The summed E-state index contributed by atoms with van der Waals surface area (Å²) in [7, 11) is 3.26. The lowest BCUT2D eigenvalue weighted by Crippen LogP contribution is -2.37. The highest BCUT2D eigenvalue weighted by atomic mass is 16.5. The van der Waals surface area contributed by atoms with Gasteiger partial charge < -0.3 is 19.3 Å². The minimum Gasteiger partial charge on any atom is -0.493 e. The van der Waals surface area contributed by atoms with E-state index in [0.717, 1.165) is 17.9 Å². The molecule has 1 unspecified atom stereocenters. The highest BCUT2D eigenvalue weighted by Crippen LogP contribution is 2.31. The van der Waals surface area contributed by atoms with Crippen LogP contribution >= 0.6 is 0 Å². The van der Waals surface area contributed by atoms with Crippen LogP contribution in [0.2, 0.25) is 0 Å². The number of nitrogens with zero attached hydrogens (tertiary/aromatic N) is 1. The summed E-state index contributed by atoms with van der Waals surface area (Å²) in [5.74, 6) is 4.31. The predicted octanol–water partition coefficient (Wildman–Crippen LogP) is 2.17. The van der Waals surface area contributed by atoms with Crippen LogP contribution in [0.15, 0.2) is 18.2 Å². The first-order valence-corrected chi connectivity index (χ1v) is 8.13. The van der Waals surface area contributed by atoms with Gasteiger partial charge in [0.25, 0.3) is 0 Å². The van der Waals surface area contributed by atoms with Crippen LogP contribution in [0, 0.1) is 18.3 Å². The van der Waals surface area contributed by atoms with Gasteiger partial charge in [0.1, 0.15) is 6.61 Å². The largest absolute Gasteiger partial charge is 0.493 e. The molecule has 0 saturated heterocycles. The maximum Gasteiger partial charge on any atom is 0.165 e. The SMILES string of the molecule is C#CCOCC(O)CN(Cc1cccc(OC)c1OC)CC(C)C. The Bertz CT molecular complexity index is 525. The molecule has 1 rings (SSSR count). The van der Waals surface area contributed by atoms with E-state index in [9.17, 15) is 5.11 Å². The van der Waals surface area contributed by atoms with Crippen molar-refractivity contribution in [2.24, 2.45) is 5.92 Å². The van der Waals surface area contributed by atoms with E-state index in [1.54, 1.807) is 14.2 Å². The summed E-state index contributed by atoms with van der Waals surface area (Å²) in [5, 5.41) is 10.2. The van der Waals surface area contributed by atoms with Gasteiger partial charge >= 0.3 is 0 Å². The lowest BCUT2D eigenvalue weighted by atomic mass is 10.1. The number of hydrogen-bond donors (Lipinski definition) is 1. The molecule has 0 heterocycles. The summed E-state index contributed by atoms with van der Waals surface area (Å²) in [6.07, 6.45) is 4.56. The van der Waals surface area contributed by atoms with E-state index in [2.05, 4.69) is 24.7 Å². The molecule has 0 aliphatic carbocycles. The van der Waals surface area contributed by atoms with Crippen molar-refractivity contribution in [1.82, 2.24) is 4.90 Å². The zero-order valence-electron chi connectivity index (χ0n) is 15.1. The summed E-state index contributed by atoms with van der Waals surface area (Å²) >= 11 is 0. The molecule has 0 radical (unpaired) electrons. The molecule has 0 bridgehead atoms. The monoisotopic (exact) mass is 335 g/mol. The molecule has 5 heteroatoms. The first-order valence-electron chi connectivity index (χ1n) is 8.13. The molecule has 0 saturated carbocycles. The Morgan fingerprint density at radius 1 is 1.21 bits per heavy atom. The standard InChI is InChI=1S/C19H29NO4/c1-6-10-24-14-17(21)13-20(11-15(2)3)12-16-8-7-9-18(22-4)19(16)23-5/h1,7-9,15,17,21H,10-14H2,2-5H3. The molecule has 0 aliphatic rings. The van der Waals surface area contributed by atoms with Gasteiger partial charge in [-0.25, -0.2) is 0 Å². The molecule has 24 heavy (non-hydrogen) atoms. The Hall–Kier alpha value is -1.74. The second-order valence-electron chi connectivity index (χ2n) is 6.11. The van der Waals surface area contributed by atoms with Crippen LogP contribution in [-0.2, 0) is 11.3 Å².